The molecule has 0 aliphatic rings. The van der Waals surface area contributed by atoms with Crippen LogP contribution >= 0.6 is 0 Å². The van der Waals surface area contributed by atoms with Crippen molar-refractivity contribution in [2.75, 3.05) is 0 Å². The molecule has 2 N–H and O–H groups in total. The van der Waals surface area contributed by atoms with Gasteiger partial charge >= 0.3 is 0 Å². The first kappa shape index (κ1) is 8.52. The lowest BCUT2D eigenvalue weighted by Crippen LogP contribution is -1.91. The second-order valence-corrected chi connectivity index (χ2v) is 2.59. The fourth-order valence-corrected chi connectivity index (χ4v) is 0.948. The van der Waals surface area contributed by atoms with Crippen LogP contribution in [0.4, 0.5) is 5.82 Å². The van der Waals surface area contributed by atoms with Gasteiger partial charge in [0, 0.05) is 7.05 Å². The van der Waals surface area contributed by atoms with Crippen LogP contribution in [0.25, 0.3) is 5.57 Å². The van der Waals surface area contributed by atoms with E-state index >= 15 is 0 Å². The summed E-state index contributed by atoms with van der Waals surface area (Å²) in [6.45, 7) is 5.68. The number of allylic oxidation sites excluding steroid dienone is 1. The molecule has 0 saturated heterocycles. The molecular formula is C8H12N4. The molecule has 0 saturated carbocycles. The van der Waals surface area contributed by atoms with Crippen molar-refractivity contribution < 1.29 is 0 Å². The molecule has 64 valence electrons. The van der Waals surface area contributed by atoms with Crippen LogP contribution in [0.15, 0.2) is 17.9 Å². The Balaban J connectivity index is 3.21. The molecule has 0 fully saturated rings. The molecule has 0 bridgehead atoms. The Hall–Kier alpha value is -1.58. The van der Waals surface area contributed by atoms with Gasteiger partial charge in [-0.15, -0.1) is 0 Å². The Morgan fingerprint density at radius 3 is 3.00 bits per heavy atom. The normalized spacial score (nSPS) is 10.8. The summed E-state index contributed by atoms with van der Waals surface area (Å²) in [4.78, 5) is 8.11. The van der Waals surface area contributed by atoms with E-state index in [0.717, 1.165) is 17.1 Å². The zero-order chi connectivity index (χ0) is 9.14. The molecule has 1 heterocycles. The number of imidazole rings is 1. The SMILES string of the molecule is C=C(C)c1ncn(C)c1N=CN. The molecule has 4 heteroatoms. The summed E-state index contributed by atoms with van der Waals surface area (Å²) in [5, 5.41) is 0. The Morgan fingerprint density at radius 2 is 2.50 bits per heavy atom. The number of nitrogens with two attached hydrogens (primary N) is 1. The lowest BCUT2D eigenvalue weighted by Gasteiger charge is -1.97. The topological polar surface area (TPSA) is 56.2 Å². The van der Waals surface area contributed by atoms with Gasteiger partial charge in [0.25, 0.3) is 0 Å². The molecule has 0 aliphatic carbocycles. The molecule has 0 aliphatic heterocycles. The van der Waals surface area contributed by atoms with Gasteiger partial charge in [-0.1, -0.05) is 6.58 Å². The molecule has 4 nitrogen and oxygen atoms in total. The van der Waals surface area contributed by atoms with Crippen LogP contribution in [-0.2, 0) is 7.05 Å². The largest absolute Gasteiger partial charge is 0.390 e. The maximum Gasteiger partial charge on any atom is 0.161 e. The molecule has 1 aromatic rings. The highest BCUT2D eigenvalue weighted by Crippen LogP contribution is 2.22. The molecule has 0 spiro atoms. The second-order valence-electron chi connectivity index (χ2n) is 2.59. The number of aromatic nitrogens is 2. The third-order valence-corrected chi connectivity index (χ3v) is 1.51. The standard InChI is InChI=1S/C8H12N4/c1-6(2)7-8(10-4-9)12(3)5-11-7/h4-5H,1H2,2-3H3,(H2,9,10). The molecule has 0 amide bonds. The minimum atomic E-state index is 0.741. The van der Waals surface area contributed by atoms with Crippen LogP contribution in [0.2, 0.25) is 0 Å². The average Bonchev–Trinajstić information content (AvgIpc) is 2.34. The number of rotatable bonds is 2. The van der Waals surface area contributed by atoms with Gasteiger partial charge in [0.05, 0.1) is 12.7 Å². The van der Waals surface area contributed by atoms with E-state index in [1.807, 2.05) is 14.0 Å². The molecule has 0 aromatic carbocycles. The fraction of sp³-hybridized carbons (Fsp3) is 0.250. The van der Waals surface area contributed by atoms with Gasteiger partial charge in [0.1, 0.15) is 5.69 Å². The molecule has 0 radical (unpaired) electrons. The first-order chi connectivity index (χ1) is 5.66. The summed E-state index contributed by atoms with van der Waals surface area (Å²) in [6, 6.07) is 0. The van der Waals surface area contributed by atoms with E-state index in [9.17, 15) is 0 Å². The van der Waals surface area contributed by atoms with Crippen molar-refractivity contribution in [3.8, 4) is 0 Å². The first-order valence-electron chi connectivity index (χ1n) is 3.58. The summed E-state index contributed by atoms with van der Waals surface area (Å²) in [6.07, 6.45) is 2.94. The molecule has 0 atom stereocenters. The van der Waals surface area contributed by atoms with Crippen molar-refractivity contribution in [1.29, 1.82) is 0 Å². The van der Waals surface area contributed by atoms with Gasteiger partial charge in [-0.05, 0) is 12.5 Å². The van der Waals surface area contributed by atoms with Crippen LogP contribution in [0.5, 0.6) is 0 Å². The zero-order valence-electron chi connectivity index (χ0n) is 7.28. The Labute approximate surface area is 71.4 Å². The summed E-state index contributed by atoms with van der Waals surface area (Å²) in [5.41, 5.74) is 6.87. The predicted octanol–water partition coefficient (Wildman–Crippen LogP) is 1.07. The number of aliphatic imine (C=N–C) groups is 1. The minimum Gasteiger partial charge on any atom is -0.390 e. The van der Waals surface area contributed by atoms with Crippen LogP contribution in [0.1, 0.15) is 12.6 Å². The van der Waals surface area contributed by atoms with Crippen molar-refractivity contribution in [3.63, 3.8) is 0 Å². The lowest BCUT2D eigenvalue weighted by molar-refractivity contribution is 0.912. The summed E-state index contributed by atoms with van der Waals surface area (Å²) >= 11 is 0. The quantitative estimate of drug-likeness (QED) is 0.525. The number of hydrogen-bond donors (Lipinski definition) is 1. The van der Waals surface area contributed by atoms with Crippen molar-refractivity contribution in [2.45, 2.75) is 6.92 Å². The van der Waals surface area contributed by atoms with Gasteiger partial charge in [0.2, 0.25) is 0 Å². The highest BCUT2D eigenvalue weighted by Gasteiger charge is 2.06. The molecule has 12 heavy (non-hydrogen) atoms. The van der Waals surface area contributed by atoms with Gasteiger partial charge in [-0.3, -0.25) is 0 Å². The Morgan fingerprint density at radius 1 is 1.83 bits per heavy atom. The van der Waals surface area contributed by atoms with E-state index < -0.39 is 0 Å². The molecule has 1 rings (SSSR count). The van der Waals surface area contributed by atoms with Crippen molar-refractivity contribution in [1.82, 2.24) is 9.55 Å². The van der Waals surface area contributed by atoms with E-state index in [-0.39, 0.29) is 0 Å². The highest BCUT2D eigenvalue weighted by atomic mass is 15.1. The number of nitrogens with zero attached hydrogens (tertiary/aromatic N) is 3. The van der Waals surface area contributed by atoms with Crippen molar-refractivity contribution >= 4 is 17.7 Å². The fourth-order valence-electron chi connectivity index (χ4n) is 0.948. The number of hydrogen-bond acceptors (Lipinski definition) is 2. The Bertz CT molecular complexity index is 322. The molecule has 0 unspecified atom stereocenters. The van der Waals surface area contributed by atoms with Gasteiger partial charge in [0.15, 0.2) is 5.82 Å². The lowest BCUT2D eigenvalue weighted by atomic mass is 10.2. The third-order valence-electron chi connectivity index (χ3n) is 1.51. The highest BCUT2D eigenvalue weighted by molar-refractivity contribution is 5.70. The smallest absolute Gasteiger partial charge is 0.161 e. The monoisotopic (exact) mass is 164 g/mol. The van der Waals surface area contributed by atoms with E-state index in [1.165, 1.54) is 6.34 Å². The van der Waals surface area contributed by atoms with E-state index in [1.54, 1.807) is 10.9 Å². The zero-order valence-corrected chi connectivity index (χ0v) is 7.28. The van der Waals surface area contributed by atoms with E-state index in [2.05, 4.69) is 16.6 Å². The molecular weight excluding hydrogens is 152 g/mol. The first-order valence-corrected chi connectivity index (χ1v) is 3.58. The summed E-state index contributed by atoms with van der Waals surface area (Å²) < 4.78 is 1.80. The van der Waals surface area contributed by atoms with Crippen LogP contribution in [0.3, 0.4) is 0 Å². The summed E-state index contributed by atoms with van der Waals surface area (Å²) in [7, 11) is 1.86. The van der Waals surface area contributed by atoms with Gasteiger partial charge < -0.3 is 10.3 Å². The Kier molecular flexibility index (Phi) is 2.28. The van der Waals surface area contributed by atoms with E-state index in [0.29, 0.717) is 0 Å². The number of aryl methyl sites for hydroxylation is 1. The van der Waals surface area contributed by atoms with Crippen LogP contribution < -0.4 is 5.73 Å². The summed E-state index contributed by atoms with van der Waals surface area (Å²) in [5.74, 6) is 0.741. The second kappa shape index (κ2) is 3.21. The van der Waals surface area contributed by atoms with Crippen molar-refractivity contribution in [2.24, 2.45) is 17.8 Å². The van der Waals surface area contributed by atoms with E-state index in [4.69, 9.17) is 5.73 Å². The average molecular weight is 164 g/mol. The van der Waals surface area contributed by atoms with Crippen molar-refractivity contribution in [3.05, 3.63) is 18.6 Å². The maximum absolute atomic E-state index is 5.20. The van der Waals surface area contributed by atoms with Gasteiger partial charge in [-0.25, -0.2) is 9.98 Å². The van der Waals surface area contributed by atoms with Crippen LogP contribution in [-0.4, -0.2) is 15.9 Å². The van der Waals surface area contributed by atoms with Gasteiger partial charge in [-0.2, -0.15) is 0 Å². The molecule has 1 aromatic heterocycles. The predicted molar refractivity (Wildman–Crippen MR) is 50.3 cm³/mol. The third kappa shape index (κ3) is 1.37. The van der Waals surface area contributed by atoms with Crippen LogP contribution in [0, 0.1) is 0 Å². The minimum absolute atomic E-state index is 0.741. The maximum atomic E-state index is 5.20.